The molecule has 36 heavy (non-hydrogen) atoms. The second-order valence-corrected chi connectivity index (χ2v) is 9.68. The molecule has 0 fully saturated rings. The molecule has 2 aromatic heterocycles. The molecule has 7 heteroatoms. The zero-order chi connectivity index (χ0) is 24.7. The van der Waals surface area contributed by atoms with Crippen molar-refractivity contribution < 1.29 is 0 Å². The molecule has 0 radical (unpaired) electrons. The quantitative estimate of drug-likeness (QED) is 0.239. The number of fused-ring (bicyclic) bond motifs is 1. The SMILES string of the molecule is N#Cc1ccc(Cn2cnnc2CN(CCc2ccc(Br)cc2)Cc2ccc3ccccc3n2)cc1. The third-order valence-corrected chi connectivity index (χ3v) is 6.70. The summed E-state index contributed by atoms with van der Waals surface area (Å²) in [4.78, 5) is 7.27. The van der Waals surface area contributed by atoms with E-state index < -0.39 is 0 Å². The van der Waals surface area contributed by atoms with Crippen molar-refractivity contribution in [3.8, 4) is 6.07 Å². The summed E-state index contributed by atoms with van der Waals surface area (Å²) in [7, 11) is 0. The molecule has 178 valence electrons. The number of aromatic nitrogens is 4. The smallest absolute Gasteiger partial charge is 0.147 e. The summed E-state index contributed by atoms with van der Waals surface area (Å²) in [5, 5.41) is 18.8. The zero-order valence-corrected chi connectivity index (χ0v) is 21.3. The van der Waals surface area contributed by atoms with Gasteiger partial charge in [0.2, 0.25) is 0 Å². The largest absolute Gasteiger partial charge is 0.312 e. The van der Waals surface area contributed by atoms with Crippen LogP contribution in [0.3, 0.4) is 0 Å². The van der Waals surface area contributed by atoms with E-state index in [4.69, 9.17) is 10.2 Å². The number of nitriles is 1. The van der Waals surface area contributed by atoms with Gasteiger partial charge >= 0.3 is 0 Å². The minimum Gasteiger partial charge on any atom is -0.312 e. The molecule has 0 N–H and O–H groups in total. The van der Waals surface area contributed by atoms with Crippen LogP contribution >= 0.6 is 15.9 Å². The molecule has 6 nitrogen and oxygen atoms in total. The molecule has 0 amide bonds. The van der Waals surface area contributed by atoms with Gasteiger partial charge in [-0.15, -0.1) is 10.2 Å². The van der Waals surface area contributed by atoms with E-state index in [1.54, 1.807) is 6.33 Å². The van der Waals surface area contributed by atoms with Crippen molar-refractivity contribution in [3.63, 3.8) is 0 Å². The van der Waals surface area contributed by atoms with Crippen LogP contribution in [-0.4, -0.2) is 31.2 Å². The standard InChI is InChI=1S/C29H25BrN6/c30-26-12-9-22(10-13-26)15-16-35(19-27-14-11-25-3-1-2-4-28(25)33-27)20-29-34-32-21-36(29)18-24-7-5-23(17-31)6-8-24/h1-14,21H,15-16,18-20H2. The van der Waals surface area contributed by atoms with Gasteiger partial charge in [0.15, 0.2) is 0 Å². The highest BCUT2D eigenvalue weighted by atomic mass is 79.9. The Labute approximate surface area is 219 Å². The summed E-state index contributed by atoms with van der Waals surface area (Å²) in [5.74, 6) is 0.899. The van der Waals surface area contributed by atoms with Crippen LogP contribution in [0, 0.1) is 11.3 Å². The maximum Gasteiger partial charge on any atom is 0.147 e. The van der Waals surface area contributed by atoms with Crippen LogP contribution < -0.4 is 0 Å². The molecule has 0 saturated heterocycles. The first-order valence-electron chi connectivity index (χ1n) is 11.8. The fourth-order valence-electron chi connectivity index (χ4n) is 4.19. The molecule has 5 rings (SSSR count). The Balaban J connectivity index is 1.35. The van der Waals surface area contributed by atoms with Crippen molar-refractivity contribution >= 4 is 26.8 Å². The summed E-state index contributed by atoms with van der Waals surface area (Å²) >= 11 is 3.52. The number of pyridine rings is 1. The van der Waals surface area contributed by atoms with E-state index in [1.165, 1.54) is 5.56 Å². The fraction of sp³-hybridized carbons (Fsp3) is 0.172. The summed E-state index contributed by atoms with van der Waals surface area (Å²) in [5.41, 5.74) is 5.08. The lowest BCUT2D eigenvalue weighted by molar-refractivity contribution is 0.247. The van der Waals surface area contributed by atoms with Gasteiger partial charge in [-0.25, -0.2) is 0 Å². The van der Waals surface area contributed by atoms with Crippen molar-refractivity contribution in [1.82, 2.24) is 24.6 Å². The number of halogens is 1. The number of benzene rings is 3. The highest BCUT2D eigenvalue weighted by molar-refractivity contribution is 9.10. The van der Waals surface area contributed by atoms with E-state index in [2.05, 4.69) is 90.2 Å². The van der Waals surface area contributed by atoms with Gasteiger partial charge in [-0.05, 0) is 53.9 Å². The van der Waals surface area contributed by atoms with Gasteiger partial charge in [0.05, 0.1) is 35.9 Å². The first-order chi connectivity index (χ1) is 17.7. The molecular formula is C29H25BrN6. The second kappa shape index (κ2) is 11.3. The van der Waals surface area contributed by atoms with Gasteiger partial charge in [0.1, 0.15) is 12.2 Å². The van der Waals surface area contributed by atoms with Crippen molar-refractivity contribution in [2.75, 3.05) is 6.54 Å². The van der Waals surface area contributed by atoms with Crippen LogP contribution in [0.1, 0.15) is 28.2 Å². The Morgan fingerprint density at radius 3 is 2.44 bits per heavy atom. The monoisotopic (exact) mass is 536 g/mol. The minimum atomic E-state index is 0.654. The van der Waals surface area contributed by atoms with Crippen molar-refractivity contribution in [2.45, 2.75) is 26.1 Å². The first kappa shape index (κ1) is 23.9. The average molecular weight is 537 g/mol. The topological polar surface area (TPSA) is 70.6 Å². The third kappa shape index (κ3) is 6.03. The van der Waals surface area contributed by atoms with Crippen LogP contribution in [0.15, 0.2) is 95.7 Å². The second-order valence-electron chi connectivity index (χ2n) is 8.77. The molecule has 2 heterocycles. The van der Waals surface area contributed by atoms with Gasteiger partial charge in [-0.1, -0.05) is 64.5 Å². The minimum absolute atomic E-state index is 0.654. The number of nitrogens with zero attached hydrogens (tertiary/aromatic N) is 6. The molecule has 0 spiro atoms. The van der Waals surface area contributed by atoms with E-state index in [1.807, 2.05) is 36.4 Å². The number of hydrogen-bond acceptors (Lipinski definition) is 5. The highest BCUT2D eigenvalue weighted by Gasteiger charge is 2.14. The predicted molar refractivity (Wildman–Crippen MR) is 144 cm³/mol. The molecule has 0 unspecified atom stereocenters. The van der Waals surface area contributed by atoms with Gasteiger partial charge in [-0.3, -0.25) is 9.88 Å². The Bertz CT molecular complexity index is 1490. The van der Waals surface area contributed by atoms with E-state index in [0.29, 0.717) is 25.2 Å². The average Bonchev–Trinajstić information content (AvgIpc) is 3.34. The van der Waals surface area contributed by atoms with Crippen LogP contribution in [-0.2, 0) is 26.1 Å². The molecule has 3 aromatic carbocycles. The Morgan fingerprint density at radius 2 is 1.64 bits per heavy atom. The lowest BCUT2D eigenvalue weighted by Gasteiger charge is -2.22. The van der Waals surface area contributed by atoms with E-state index in [9.17, 15) is 0 Å². The molecule has 0 aliphatic carbocycles. The fourth-order valence-corrected chi connectivity index (χ4v) is 4.46. The number of para-hydroxylation sites is 1. The normalized spacial score (nSPS) is 11.1. The Hall–Kier alpha value is -3.86. The van der Waals surface area contributed by atoms with Crippen molar-refractivity contribution in [2.24, 2.45) is 0 Å². The summed E-state index contributed by atoms with van der Waals surface area (Å²) in [6.45, 7) is 2.88. The molecule has 0 aliphatic rings. The van der Waals surface area contributed by atoms with Gasteiger partial charge in [0, 0.05) is 22.9 Å². The lowest BCUT2D eigenvalue weighted by Crippen LogP contribution is -2.27. The molecule has 0 saturated carbocycles. The van der Waals surface area contributed by atoms with Crippen molar-refractivity contribution in [3.05, 3.63) is 124 Å². The number of rotatable bonds is 9. The van der Waals surface area contributed by atoms with Crippen molar-refractivity contribution in [1.29, 1.82) is 5.26 Å². The molecule has 0 bridgehead atoms. The third-order valence-electron chi connectivity index (χ3n) is 6.17. The summed E-state index contributed by atoms with van der Waals surface area (Å²) in [6, 6.07) is 30.7. The highest BCUT2D eigenvalue weighted by Crippen LogP contribution is 2.16. The summed E-state index contributed by atoms with van der Waals surface area (Å²) < 4.78 is 3.15. The van der Waals surface area contributed by atoms with Crippen LogP contribution in [0.25, 0.3) is 10.9 Å². The van der Waals surface area contributed by atoms with Crippen LogP contribution in [0.5, 0.6) is 0 Å². The summed E-state index contributed by atoms with van der Waals surface area (Å²) in [6.07, 6.45) is 2.69. The molecule has 0 aliphatic heterocycles. The van der Waals surface area contributed by atoms with Gasteiger partial charge in [0.25, 0.3) is 0 Å². The maximum absolute atomic E-state index is 9.07. The van der Waals surface area contributed by atoms with E-state index in [-0.39, 0.29) is 0 Å². The van der Waals surface area contributed by atoms with Gasteiger partial charge in [-0.2, -0.15) is 5.26 Å². The predicted octanol–water partition coefficient (Wildman–Crippen LogP) is 5.75. The number of hydrogen-bond donors (Lipinski definition) is 0. The molecule has 0 atom stereocenters. The maximum atomic E-state index is 9.07. The zero-order valence-electron chi connectivity index (χ0n) is 19.8. The molecule has 5 aromatic rings. The van der Waals surface area contributed by atoms with Gasteiger partial charge < -0.3 is 4.57 Å². The Kier molecular flexibility index (Phi) is 7.46. The molecular weight excluding hydrogens is 512 g/mol. The van der Waals surface area contributed by atoms with E-state index >= 15 is 0 Å². The van der Waals surface area contributed by atoms with Crippen LogP contribution in [0.2, 0.25) is 0 Å². The van der Waals surface area contributed by atoms with Crippen LogP contribution in [0.4, 0.5) is 0 Å². The van der Waals surface area contributed by atoms with E-state index in [0.717, 1.165) is 45.4 Å². The Morgan fingerprint density at radius 1 is 0.861 bits per heavy atom. The first-order valence-corrected chi connectivity index (χ1v) is 12.6. The lowest BCUT2D eigenvalue weighted by atomic mass is 10.1.